The van der Waals surface area contributed by atoms with E-state index in [-0.39, 0.29) is 23.4 Å². The van der Waals surface area contributed by atoms with Gasteiger partial charge in [-0.15, -0.1) is 10.2 Å². The van der Waals surface area contributed by atoms with Gasteiger partial charge in [-0.05, 0) is 53.9 Å². The van der Waals surface area contributed by atoms with Gasteiger partial charge < -0.3 is 10.1 Å². The molecular formula is C33H30N4O3S. The Bertz CT molecular complexity index is 1660. The first-order valence-corrected chi connectivity index (χ1v) is 14.3. The van der Waals surface area contributed by atoms with Gasteiger partial charge in [0.05, 0.1) is 24.2 Å². The Morgan fingerprint density at radius 1 is 0.854 bits per heavy atom. The third kappa shape index (κ3) is 6.23. The van der Waals surface area contributed by atoms with Crippen LogP contribution in [-0.2, 0) is 4.79 Å². The summed E-state index contributed by atoms with van der Waals surface area (Å²) < 4.78 is 7.33. The van der Waals surface area contributed by atoms with Crippen molar-refractivity contribution in [3.8, 4) is 22.8 Å². The Hall–Kier alpha value is -4.69. The van der Waals surface area contributed by atoms with Crippen molar-refractivity contribution in [1.82, 2.24) is 14.8 Å². The SMILES string of the molecule is COc1ccc(-c2nnc(SCC(=O)Nc3ccccc3C(=O)c3ccccc3)n2-c2ccccc2C(C)C)cc1. The van der Waals surface area contributed by atoms with Gasteiger partial charge in [0.1, 0.15) is 5.75 Å². The lowest BCUT2D eigenvalue weighted by molar-refractivity contribution is -0.113. The summed E-state index contributed by atoms with van der Waals surface area (Å²) in [5, 5.41) is 12.5. The van der Waals surface area contributed by atoms with Crippen LogP contribution in [0.5, 0.6) is 5.75 Å². The minimum atomic E-state index is -0.249. The van der Waals surface area contributed by atoms with Gasteiger partial charge in [0.2, 0.25) is 5.91 Å². The predicted molar refractivity (Wildman–Crippen MR) is 163 cm³/mol. The molecule has 0 atom stereocenters. The van der Waals surface area contributed by atoms with E-state index in [9.17, 15) is 9.59 Å². The number of para-hydroxylation sites is 2. The molecule has 0 fully saturated rings. The summed E-state index contributed by atoms with van der Waals surface area (Å²) in [6.45, 7) is 4.29. The zero-order valence-corrected chi connectivity index (χ0v) is 23.9. The van der Waals surface area contributed by atoms with Crippen LogP contribution >= 0.6 is 11.8 Å². The highest BCUT2D eigenvalue weighted by atomic mass is 32.2. The van der Waals surface area contributed by atoms with E-state index in [4.69, 9.17) is 4.74 Å². The first-order chi connectivity index (χ1) is 20.0. The number of amides is 1. The number of aromatic nitrogens is 3. The molecule has 8 heteroatoms. The molecular weight excluding hydrogens is 532 g/mol. The first kappa shape index (κ1) is 27.9. The molecule has 1 aromatic heterocycles. The van der Waals surface area contributed by atoms with E-state index in [0.29, 0.717) is 27.8 Å². The quantitative estimate of drug-likeness (QED) is 0.145. The lowest BCUT2D eigenvalue weighted by Gasteiger charge is -2.17. The standard InChI is InChI=1S/C33H30N4O3S/c1-22(2)26-13-8-10-16-29(26)37-32(24-17-19-25(40-3)20-18-24)35-36-33(37)41-21-30(38)34-28-15-9-7-14-27(28)31(39)23-11-5-4-6-12-23/h4-20,22H,21H2,1-3H3,(H,34,38). The van der Waals surface area contributed by atoms with Gasteiger partial charge in [-0.2, -0.15) is 0 Å². The van der Waals surface area contributed by atoms with E-state index < -0.39 is 0 Å². The third-order valence-corrected chi connectivity index (χ3v) is 7.52. The number of hydrogen-bond acceptors (Lipinski definition) is 6. The maximum absolute atomic E-state index is 13.2. The molecule has 0 aliphatic rings. The van der Waals surface area contributed by atoms with Gasteiger partial charge in [-0.1, -0.05) is 86.3 Å². The molecule has 1 amide bonds. The fourth-order valence-corrected chi connectivity index (χ4v) is 5.28. The lowest BCUT2D eigenvalue weighted by atomic mass is 10.0. The number of ketones is 1. The molecule has 5 rings (SSSR count). The second-order valence-corrected chi connectivity index (χ2v) is 10.6. The van der Waals surface area contributed by atoms with Crippen LogP contribution in [-0.4, -0.2) is 39.3 Å². The topological polar surface area (TPSA) is 86.1 Å². The molecule has 0 spiro atoms. The molecule has 0 bridgehead atoms. The lowest BCUT2D eigenvalue weighted by Crippen LogP contribution is -2.17. The van der Waals surface area contributed by atoms with Crippen LogP contribution in [0, 0.1) is 0 Å². The molecule has 0 radical (unpaired) electrons. The van der Waals surface area contributed by atoms with Crippen LogP contribution in [0.25, 0.3) is 17.1 Å². The van der Waals surface area contributed by atoms with Crippen LogP contribution in [0.3, 0.4) is 0 Å². The highest BCUT2D eigenvalue weighted by Crippen LogP contribution is 2.33. The maximum atomic E-state index is 13.2. The van der Waals surface area contributed by atoms with Crippen molar-refractivity contribution in [2.24, 2.45) is 0 Å². The molecule has 206 valence electrons. The van der Waals surface area contributed by atoms with Gasteiger partial charge in [-0.25, -0.2) is 0 Å². The number of nitrogens with zero attached hydrogens (tertiary/aromatic N) is 3. The molecule has 0 saturated heterocycles. The fourth-order valence-electron chi connectivity index (χ4n) is 4.54. The summed E-state index contributed by atoms with van der Waals surface area (Å²) >= 11 is 1.29. The summed E-state index contributed by atoms with van der Waals surface area (Å²) in [6, 6.07) is 31.9. The maximum Gasteiger partial charge on any atom is 0.234 e. The Balaban J connectivity index is 1.42. The minimum Gasteiger partial charge on any atom is -0.497 e. The summed E-state index contributed by atoms with van der Waals surface area (Å²) in [6.07, 6.45) is 0. The highest BCUT2D eigenvalue weighted by Gasteiger charge is 2.21. The summed E-state index contributed by atoms with van der Waals surface area (Å²) in [5.41, 5.74) is 4.44. The van der Waals surface area contributed by atoms with E-state index in [2.05, 4.69) is 35.4 Å². The van der Waals surface area contributed by atoms with Crippen molar-refractivity contribution in [3.05, 3.63) is 120 Å². The molecule has 5 aromatic rings. The molecule has 0 saturated carbocycles. The number of thioether (sulfide) groups is 1. The van der Waals surface area contributed by atoms with Crippen LogP contribution in [0.1, 0.15) is 41.3 Å². The average molecular weight is 563 g/mol. The largest absolute Gasteiger partial charge is 0.497 e. The number of methoxy groups -OCH3 is 1. The second-order valence-electron chi connectivity index (χ2n) is 9.66. The van der Waals surface area contributed by atoms with Crippen molar-refractivity contribution in [2.45, 2.75) is 24.9 Å². The number of carbonyl (C=O) groups is 2. The van der Waals surface area contributed by atoms with Crippen LogP contribution in [0.15, 0.2) is 108 Å². The van der Waals surface area contributed by atoms with Crippen molar-refractivity contribution in [3.63, 3.8) is 0 Å². The fraction of sp³-hybridized carbons (Fsp3) is 0.152. The molecule has 0 aliphatic carbocycles. The number of rotatable bonds is 10. The number of ether oxygens (including phenoxy) is 1. The smallest absolute Gasteiger partial charge is 0.234 e. The molecule has 0 aliphatic heterocycles. The monoisotopic (exact) mass is 562 g/mol. The molecule has 1 heterocycles. The molecule has 7 nitrogen and oxygen atoms in total. The summed E-state index contributed by atoms with van der Waals surface area (Å²) in [4.78, 5) is 26.3. The third-order valence-electron chi connectivity index (χ3n) is 6.60. The van der Waals surface area contributed by atoms with E-state index in [1.165, 1.54) is 11.8 Å². The summed E-state index contributed by atoms with van der Waals surface area (Å²) in [5.74, 6) is 1.36. The number of hydrogen-bond donors (Lipinski definition) is 1. The van der Waals surface area contributed by atoms with Gasteiger partial charge in [-0.3, -0.25) is 14.2 Å². The Labute approximate surface area is 243 Å². The Kier molecular flexibility index (Phi) is 8.60. The zero-order chi connectivity index (χ0) is 28.8. The Morgan fingerprint density at radius 2 is 1.54 bits per heavy atom. The predicted octanol–water partition coefficient (Wildman–Crippen LogP) is 7.03. The van der Waals surface area contributed by atoms with Crippen LogP contribution in [0.2, 0.25) is 0 Å². The van der Waals surface area contributed by atoms with Crippen LogP contribution < -0.4 is 10.1 Å². The number of carbonyl (C=O) groups excluding carboxylic acids is 2. The zero-order valence-electron chi connectivity index (χ0n) is 23.1. The first-order valence-electron chi connectivity index (χ1n) is 13.3. The van der Waals surface area contributed by atoms with E-state index in [0.717, 1.165) is 22.6 Å². The van der Waals surface area contributed by atoms with Gasteiger partial charge in [0.15, 0.2) is 16.8 Å². The van der Waals surface area contributed by atoms with E-state index in [1.54, 1.807) is 43.5 Å². The molecule has 1 N–H and O–H groups in total. The highest BCUT2D eigenvalue weighted by molar-refractivity contribution is 7.99. The number of benzene rings is 4. The minimum absolute atomic E-state index is 0.0818. The number of nitrogens with one attached hydrogen (secondary N) is 1. The van der Waals surface area contributed by atoms with E-state index in [1.807, 2.05) is 65.2 Å². The summed E-state index contributed by atoms with van der Waals surface area (Å²) in [7, 11) is 1.63. The van der Waals surface area contributed by atoms with Crippen molar-refractivity contribution in [2.75, 3.05) is 18.2 Å². The normalized spacial score (nSPS) is 10.9. The second kappa shape index (κ2) is 12.7. The van der Waals surface area contributed by atoms with Gasteiger partial charge in [0, 0.05) is 16.7 Å². The van der Waals surface area contributed by atoms with Crippen molar-refractivity contribution in [1.29, 1.82) is 0 Å². The molecule has 41 heavy (non-hydrogen) atoms. The van der Waals surface area contributed by atoms with Crippen molar-refractivity contribution < 1.29 is 14.3 Å². The van der Waals surface area contributed by atoms with E-state index >= 15 is 0 Å². The van der Waals surface area contributed by atoms with Crippen molar-refractivity contribution >= 4 is 29.1 Å². The van der Waals surface area contributed by atoms with Crippen LogP contribution in [0.4, 0.5) is 5.69 Å². The van der Waals surface area contributed by atoms with Gasteiger partial charge >= 0.3 is 0 Å². The number of anilines is 1. The molecule has 0 unspecified atom stereocenters. The Morgan fingerprint density at radius 3 is 2.27 bits per heavy atom. The van der Waals surface area contributed by atoms with Gasteiger partial charge in [0.25, 0.3) is 0 Å². The molecule has 4 aromatic carbocycles. The average Bonchev–Trinajstić information content (AvgIpc) is 3.44.